The Bertz CT molecular complexity index is 750. The zero-order valence-corrected chi connectivity index (χ0v) is 15.7. The number of hydrogen-bond donors (Lipinski definition) is 1. The van der Waals surface area contributed by atoms with Crippen LogP contribution < -0.4 is 5.32 Å². The minimum atomic E-state index is -2.96. The number of nitrogens with zero attached hydrogens (tertiary/aromatic N) is 3. The summed E-state index contributed by atoms with van der Waals surface area (Å²) in [6.07, 6.45) is 4.74. The lowest BCUT2D eigenvalue weighted by Crippen LogP contribution is -2.43. The number of sulfone groups is 1. The van der Waals surface area contributed by atoms with Crippen LogP contribution in [0.5, 0.6) is 0 Å². The summed E-state index contributed by atoms with van der Waals surface area (Å²) in [7, 11) is -2.96. The van der Waals surface area contributed by atoms with Gasteiger partial charge in [-0.15, -0.1) is 0 Å². The van der Waals surface area contributed by atoms with Crippen molar-refractivity contribution in [1.29, 1.82) is 0 Å². The van der Waals surface area contributed by atoms with Crippen LogP contribution in [0.2, 0.25) is 0 Å². The average Bonchev–Trinajstić information content (AvgIpc) is 2.92. The zero-order chi connectivity index (χ0) is 18.0. The maximum Gasteiger partial charge on any atom is 0.272 e. The third-order valence-electron chi connectivity index (χ3n) is 5.00. The van der Waals surface area contributed by atoms with Gasteiger partial charge >= 0.3 is 0 Å². The van der Waals surface area contributed by atoms with Gasteiger partial charge in [0.25, 0.3) is 5.91 Å². The molecule has 138 valence electrons. The Labute approximate surface area is 149 Å². The van der Waals surface area contributed by atoms with Crippen LogP contribution in [0.15, 0.2) is 6.07 Å². The molecular weight excluding hydrogens is 340 g/mol. The van der Waals surface area contributed by atoms with Crippen molar-refractivity contribution < 1.29 is 13.2 Å². The predicted octanol–water partition coefficient (Wildman–Crippen LogP) is 1.79. The first-order valence-corrected chi connectivity index (χ1v) is 10.8. The third kappa shape index (κ3) is 4.29. The van der Waals surface area contributed by atoms with E-state index in [0.717, 1.165) is 32.2 Å². The number of carbonyl (C=O) groups is 1. The summed E-state index contributed by atoms with van der Waals surface area (Å²) in [5, 5.41) is 3.16. The van der Waals surface area contributed by atoms with Gasteiger partial charge in [0.2, 0.25) is 0 Å². The SMILES string of the molecule is CCC1CCCCN1C(=O)c1cc(NC2CCS(=O)(=O)C2)nc(C)n1. The second-order valence-electron chi connectivity index (χ2n) is 6.99. The molecule has 0 aromatic carbocycles. The van der Waals surface area contributed by atoms with Crippen molar-refractivity contribution in [3.05, 3.63) is 17.6 Å². The molecule has 3 heterocycles. The van der Waals surface area contributed by atoms with Crippen LogP contribution in [0.3, 0.4) is 0 Å². The number of aryl methyl sites for hydroxylation is 1. The fourth-order valence-corrected chi connectivity index (χ4v) is 5.38. The molecule has 7 nitrogen and oxygen atoms in total. The zero-order valence-electron chi connectivity index (χ0n) is 14.9. The molecule has 2 unspecified atom stereocenters. The van der Waals surface area contributed by atoms with E-state index >= 15 is 0 Å². The van der Waals surface area contributed by atoms with E-state index < -0.39 is 9.84 Å². The lowest BCUT2D eigenvalue weighted by molar-refractivity contribution is 0.0601. The molecular formula is C17H26N4O3S. The van der Waals surface area contributed by atoms with Crippen molar-refractivity contribution in [1.82, 2.24) is 14.9 Å². The van der Waals surface area contributed by atoms with E-state index in [1.807, 2.05) is 4.90 Å². The summed E-state index contributed by atoms with van der Waals surface area (Å²) in [6, 6.07) is 1.77. The van der Waals surface area contributed by atoms with Gasteiger partial charge < -0.3 is 10.2 Å². The minimum Gasteiger partial charge on any atom is -0.366 e. The Morgan fingerprint density at radius 2 is 2.12 bits per heavy atom. The van der Waals surface area contributed by atoms with Crippen molar-refractivity contribution >= 4 is 21.6 Å². The van der Waals surface area contributed by atoms with Crippen LogP contribution in [0.1, 0.15) is 55.3 Å². The van der Waals surface area contributed by atoms with E-state index in [-0.39, 0.29) is 29.5 Å². The summed E-state index contributed by atoms with van der Waals surface area (Å²) in [5.74, 6) is 1.30. The second kappa shape index (κ2) is 7.27. The number of likely N-dealkylation sites (tertiary alicyclic amines) is 1. The largest absolute Gasteiger partial charge is 0.366 e. The molecule has 1 aromatic heterocycles. The number of carbonyl (C=O) groups excluding carboxylic acids is 1. The molecule has 0 aliphatic carbocycles. The summed E-state index contributed by atoms with van der Waals surface area (Å²) < 4.78 is 23.2. The van der Waals surface area contributed by atoms with Crippen molar-refractivity contribution in [2.24, 2.45) is 0 Å². The molecule has 0 bridgehead atoms. The first-order chi connectivity index (χ1) is 11.9. The molecule has 1 N–H and O–H groups in total. The summed E-state index contributed by atoms with van der Waals surface area (Å²) in [4.78, 5) is 23.5. The van der Waals surface area contributed by atoms with Crippen molar-refractivity contribution in [2.45, 2.75) is 58.0 Å². The standard InChI is InChI=1S/C17H26N4O3S/c1-3-14-6-4-5-8-21(14)17(22)15-10-16(19-12(2)18-15)20-13-7-9-25(23,24)11-13/h10,13-14H,3-9,11H2,1-2H3,(H,18,19,20). The second-order valence-corrected chi connectivity index (χ2v) is 9.22. The Kier molecular flexibility index (Phi) is 5.27. The van der Waals surface area contributed by atoms with E-state index in [2.05, 4.69) is 22.2 Å². The minimum absolute atomic E-state index is 0.0563. The van der Waals surface area contributed by atoms with Gasteiger partial charge in [0, 0.05) is 24.7 Å². The number of piperidine rings is 1. The van der Waals surface area contributed by atoms with Gasteiger partial charge in [0.15, 0.2) is 9.84 Å². The first-order valence-electron chi connectivity index (χ1n) is 9.01. The summed E-state index contributed by atoms with van der Waals surface area (Å²) in [5.41, 5.74) is 0.385. The number of amides is 1. The van der Waals surface area contributed by atoms with Crippen LogP contribution in [-0.4, -0.2) is 59.3 Å². The van der Waals surface area contributed by atoms with Gasteiger partial charge in [0.1, 0.15) is 17.3 Å². The maximum absolute atomic E-state index is 12.9. The van der Waals surface area contributed by atoms with Crippen molar-refractivity contribution in [3.63, 3.8) is 0 Å². The van der Waals surface area contributed by atoms with Crippen LogP contribution in [-0.2, 0) is 9.84 Å². The fraction of sp³-hybridized carbons (Fsp3) is 0.706. The molecule has 2 saturated heterocycles. The average molecular weight is 366 g/mol. The number of nitrogens with one attached hydrogen (secondary N) is 1. The van der Waals surface area contributed by atoms with E-state index in [9.17, 15) is 13.2 Å². The predicted molar refractivity (Wildman–Crippen MR) is 96.4 cm³/mol. The Balaban J connectivity index is 1.78. The molecule has 0 radical (unpaired) electrons. The third-order valence-corrected chi connectivity index (χ3v) is 6.77. The van der Waals surface area contributed by atoms with Crippen molar-refractivity contribution in [2.75, 3.05) is 23.4 Å². The smallest absolute Gasteiger partial charge is 0.272 e. The van der Waals surface area contributed by atoms with E-state index in [4.69, 9.17) is 0 Å². The molecule has 3 rings (SSSR count). The normalized spacial score (nSPS) is 25.8. The number of hydrogen-bond acceptors (Lipinski definition) is 6. The fourth-order valence-electron chi connectivity index (χ4n) is 3.71. The quantitative estimate of drug-likeness (QED) is 0.873. The molecule has 2 atom stereocenters. The van der Waals surface area contributed by atoms with Crippen molar-refractivity contribution in [3.8, 4) is 0 Å². The highest BCUT2D eigenvalue weighted by atomic mass is 32.2. The number of aromatic nitrogens is 2. The molecule has 25 heavy (non-hydrogen) atoms. The van der Waals surface area contributed by atoms with Gasteiger partial charge in [0.05, 0.1) is 11.5 Å². The Hall–Kier alpha value is -1.70. The monoisotopic (exact) mass is 366 g/mol. The van der Waals surface area contributed by atoms with Gasteiger partial charge in [-0.1, -0.05) is 6.92 Å². The van der Waals surface area contributed by atoms with Gasteiger partial charge in [-0.05, 0) is 39.0 Å². The van der Waals surface area contributed by atoms with Crippen LogP contribution in [0.25, 0.3) is 0 Å². The molecule has 1 aromatic rings. The number of rotatable bonds is 4. The van der Waals surface area contributed by atoms with Gasteiger partial charge in [-0.3, -0.25) is 4.79 Å². The lowest BCUT2D eigenvalue weighted by Gasteiger charge is -2.35. The van der Waals surface area contributed by atoms with E-state index in [0.29, 0.717) is 23.8 Å². The molecule has 2 aliphatic heterocycles. The number of anilines is 1. The Morgan fingerprint density at radius 1 is 1.32 bits per heavy atom. The summed E-state index contributed by atoms with van der Waals surface area (Å²) >= 11 is 0. The molecule has 2 aliphatic rings. The van der Waals surface area contributed by atoms with Gasteiger partial charge in [-0.2, -0.15) is 0 Å². The highest BCUT2D eigenvalue weighted by Crippen LogP contribution is 2.23. The van der Waals surface area contributed by atoms with E-state index in [1.165, 1.54) is 0 Å². The highest BCUT2D eigenvalue weighted by molar-refractivity contribution is 7.91. The first kappa shape index (κ1) is 18.1. The molecule has 8 heteroatoms. The van der Waals surface area contributed by atoms with Crippen LogP contribution in [0.4, 0.5) is 5.82 Å². The lowest BCUT2D eigenvalue weighted by atomic mass is 9.99. The maximum atomic E-state index is 12.9. The van der Waals surface area contributed by atoms with Gasteiger partial charge in [-0.25, -0.2) is 18.4 Å². The molecule has 2 fully saturated rings. The topological polar surface area (TPSA) is 92.3 Å². The van der Waals surface area contributed by atoms with E-state index in [1.54, 1.807) is 13.0 Å². The molecule has 0 saturated carbocycles. The van der Waals surface area contributed by atoms with Crippen LogP contribution >= 0.6 is 0 Å². The summed E-state index contributed by atoms with van der Waals surface area (Å²) in [6.45, 7) is 4.62. The Morgan fingerprint density at radius 3 is 2.80 bits per heavy atom. The highest BCUT2D eigenvalue weighted by Gasteiger charge is 2.30. The molecule has 0 spiro atoms. The van der Waals surface area contributed by atoms with Crippen LogP contribution in [0, 0.1) is 6.92 Å². The molecule has 1 amide bonds.